The third-order valence-electron chi connectivity index (χ3n) is 4.29. The maximum Gasteiger partial charge on any atom is 0.227 e. The third kappa shape index (κ3) is 5.92. The third-order valence-corrected chi connectivity index (χ3v) is 4.29. The largest absolute Gasteiger partial charge is 0.370 e. The molecule has 0 aliphatic carbocycles. The lowest BCUT2D eigenvalue weighted by Gasteiger charge is -2.11. The maximum absolute atomic E-state index is 12.0. The van der Waals surface area contributed by atoms with Crippen LogP contribution in [0, 0.1) is 5.92 Å². The summed E-state index contributed by atoms with van der Waals surface area (Å²) in [4.78, 5) is 16.4. The van der Waals surface area contributed by atoms with Crippen LogP contribution in [-0.4, -0.2) is 11.9 Å². The summed E-state index contributed by atoms with van der Waals surface area (Å²) in [6.45, 7) is 6.48. The van der Waals surface area contributed by atoms with E-state index in [1.54, 1.807) is 0 Å². The van der Waals surface area contributed by atoms with Crippen molar-refractivity contribution >= 4 is 23.2 Å². The lowest BCUT2D eigenvalue weighted by Crippen LogP contribution is -2.22. The fourth-order valence-corrected chi connectivity index (χ4v) is 2.43. The predicted octanol–water partition coefficient (Wildman–Crippen LogP) is 4.16. The second kappa shape index (κ2) is 9.61. The molecule has 0 bridgehead atoms. The maximum atomic E-state index is 12.0. The lowest BCUT2D eigenvalue weighted by atomic mass is 10.1. The Morgan fingerprint density at radius 1 is 1.04 bits per heavy atom. The molecule has 5 nitrogen and oxygen atoms in total. The van der Waals surface area contributed by atoms with E-state index < -0.39 is 0 Å². The average molecular weight is 352 g/mol. The number of anilines is 2. The number of nitrogens with one attached hydrogen (secondary N) is 2. The van der Waals surface area contributed by atoms with Crippen LogP contribution in [0.1, 0.15) is 38.3 Å². The number of nitrogens with two attached hydrogens (primary N) is 1. The van der Waals surface area contributed by atoms with E-state index in [9.17, 15) is 4.79 Å². The van der Waals surface area contributed by atoms with E-state index in [2.05, 4.69) is 34.7 Å². The molecule has 0 heterocycles. The SMILES string of the molecule is CCc1cccc(NC(N)=NCc2cccc(NC(=O)C(C)CC)c2)c1. The Bertz CT molecular complexity index is 770. The first-order valence-electron chi connectivity index (χ1n) is 9.07. The van der Waals surface area contributed by atoms with Crippen LogP contribution in [-0.2, 0) is 17.8 Å². The number of carbonyl (C=O) groups is 1. The molecule has 1 atom stereocenters. The molecule has 1 amide bonds. The number of hydrogen-bond acceptors (Lipinski definition) is 2. The summed E-state index contributed by atoms with van der Waals surface area (Å²) in [5.74, 6) is 0.396. The molecule has 5 heteroatoms. The number of guanidine groups is 1. The van der Waals surface area contributed by atoms with Crippen LogP contribution >= 0.6 is 0 Å². The van der Waals surface area contributed by atoms with Crippen LogP contribution in [0.25, 0.3) is 0 Å². The number of rotatable bonds is 7. The van der Waals surface area contributed by atoms with Gasteiger partial charge in [0.15, 0.2) is 5.96 Å². The van der Waals surface area contributed by atoms with Crippen molar-refractivity contribution in [3.8, 4) is 0 Å². The van der Waals surface area contributed by atoms with Crippen LogP contribution in [0.2, 0.25) is 0 Å². The van der Waals surface area contributed by atoms with Crippen molar-refractivity contribution in [2.45, 2.75) is 40.2 Å². The molecule has 0 saturated heterocycles. The van der Waals surface area contributed by atoms with Gasteiger partial charge in [-0.1, -0.05) is 45.0 Å². The molecular weight excluding hydrogens is 324 g/mol. The van der Waals surface area contributed by atoms with Crippen molar-refractivity contribution in [1.29, 1.82) is 0 Å². The van der Waals surface area contributed by atoms with Gasteiger partial charge in [-0.2, -0.15) is 0 Å². The second-order valence-electron chi connectivity index (χ2n) is 6.38. The first kappa shape index (κ1) is 19.5. The van der Waals surface area contributed by atoms with E-state index in [0.29, 0.717) is 12.5 Å². The van der Waals surface area contributed by atoms with E-state index in [-0.39, 0.29) is 11.8 Å². The summed E-state index contributed by atoms with van der Waals surface area (Å²) < 4.78 is 0. The van der Waals surface area contributed by atoms with E-state index in [1.165, 1.54) is 5.56 Å². The number of aryl methyl sites for hydroxylation is 1. The number of amides is 1. The predicted molar refractivity (Wildman–Crippen MR) is 109 cm³/mol. The fourth-order valence-electron chi connectivity index (χ4n) is 2.43. The second-order valence-corrected chi connectivity index (χ2v) is 6.38. The molecule has 2 aromatic carbocycles. The first-order valence-corrected chi connectivity index (χ1v) is 9.07. The Morgan fingerprint density at radius 3 is 2.31 bits per heavy atom. The molecule has 0 aromatic heterocycles. The quantitative estimate of drug-likeness (QED) is 0.517. The summed E-state index contributed by atoms with van der Waals surface area (Å²) in [5, 5.41) is 6.05. The number of aliphatic imine (C=N–C) groups is 1. The first-order chi connectivity index (χ1) is 12.5. The van der Waals surface area contributed by atoms with E-state index in [1.807, 2.05) is 50.2 Å². The molecule has 138 valence electrons. The minimum atomic E-state index is -0.00425. The van der Waals surface area contributed by atoms with Gasteiger partial charge in [-0.25, -0.2) is 4.99 Å². The highest BCUT2D eigenvalue weighted by Crippen LogP contribution is 2.14. The zero-order chi connectivity index (χ0) is 18.9. The summed E-state index contributed by atoms with van der Waals surface area (Å²) >= 11 is 0. The van der Waals surface area contributed by atoms with Crippen molar-refractivity contribution in [3.63, 3.8) is 0 Å². The number of nitrogens with zero attached hydrogens (tertiary/aromatic N) is 1. The van der Waals surface area contributed by atoms with Crippen molar-refractivity contribution in [3.05, 3.63) is 59.7 Å². The topological polar surface area (TPSA) is 79.5 Å². The number of benzene rings is 2. The smallest absolute Gasteiger partial charge is 0.227 e. The highest BCUT2D eigenvalue weighted by molar-refractivity contribution is 5.93. The van der Waals surface area contributed by atoms with Crippen molar-refractivity contribution < 1.29 is 4.79 Å². The molecule has 1 unspecified atom stereocenters. The van der Waals surface area contributed by atoms with Crippen LogP contribution in [0.3, 0.4) is 0 Å². The lowest BCUT2D eigenvalue weighted by molar-refractivity contribution is -0.119. The van der Waals surface area contributed by atoms with Gasteiger partial charge in [0, 0.05) is 17.3 Å². The summed E-state index contributed by atoms with van der Waals surface area (Å²) in [7, 11) is 0. The normalized spacial score (nSPS) is 12.5. The van der Waals surface area contributed by atoms with Gasteiger partial charge < -0.3 is 16.4 Å². The van der Waals surface area contributed by atoms with Crippen LogP contribution in [0.4, 0.5) is 11.4 Å². The summed E-state index contributed by atoms with van der Waals surface area (Å²) in [6.07, 6.45) is 1.79. The summed E-state index contributed by atoms with van der Waals surface area (Å²) in [5.41, 5.74) is 9.93. The Morgan fingerprint density at radius 2 is 1.65 bits per heavy atom. The van der Waals surface area contributed by atoms with Crippen LogP contribution < -0.4 is 16.4 Å². The van der Waals surface area contributed by atoms with E-state index in [4.69, 9.17) is 5.73 Å². The molecule has 0 aliphatic heterocycles. The number of hydrogen-bond donors (Lipinski definition) is 3. The molecular formula is C21H28N4O. The number of carbonyl (C=O) groups excluding carboxylic acids is 1. The minimum absolute atomic E-state index is 0.00425. The highest BCUT2D eigenvalue weighted by atomic mass is 16.1. The Kier molecular flexibility index (Phi) is 7.21. The molecule has 4 N–H and O–H groups in total. The van der Waals surface area contributed by atoms with Gasteiger partial charge in [0.05, 0.1) is 6.54 Å². The van der Waals surface area contributed by atoms with Gasteiger partial charge in [0.1, 0.15) is 0 Å². The highest BCUT2D eigenvalue weighted by Gasteiger charge is 2.10. The van der Waals surface area contributed by atoms with Crippen LogP contribution in [0.5, 0.6) is 0 Å². The Balaban J connectivity index is 1.98. The molecule has 0 aliphatic rings. The molecule has 26 heavy (non-hydrogen) atoms. The van der Waals surface area contributed by atoms with Gasteiger partial charge in [0.25, 0.3) is 0 Å². The molecule has 0 fully saturated rings. The van der Waals surface area contributed by atoms with Crippen LogP contribution in [0.15, 0.2) is 53.5 Å². The van der Waals surface area contributed by atoms with Crippen molar-refractivity contribution in [1.82, 2.24) is 0 Å². The molecule has 2 aromatic rings. The van der Waals surface area contributed by atoms with Gasteiger partial charge in [-0.3, -0.25) is 4.79 Å². The van der Waals surface area contributed by atoms with E-state index >= 15 is 0 Å². The zero-order valence-electron chi connectivity index (χ0n) is 15.8. The molecule has 0 saturated carbocycles. The molecule has 2 rings (SSSR count). The minimum Gasteiger partial charge on any atom is -0.370 e. The fraction of sp³-hybridized carbons (Fsp3) is 0.333. The molecule has 0 spiro atoms. The standard InChI is InChI=1S/C21H28N4O/c1-4-15(3)20(26)24-18-10-7-9-17(13-18)14-23-21(22)25-19-11-6-8-16(5-2)12-19/h6-13,15H,4-5,14H2,1-3H3,(H,24,26)(H3,22,23,25). The Labute approximate surface area is 155 Å². The van der Waals surface area contributed by atoms with Gasteiger partial charge >= 0.3 is 0 Å². The Hall–Kier alpha value is -2.82. The monoisotopic (exact) mass is 352 g/mol. The van der Waals surface area contributed by atoms with Gasteiger partial charge in [-0.05, 0) is 48.2 Å². The zero-order valence-corrected chi connectivity index (χ0v) is 15.8. The van der Waals surface area contributed by atoms with Gasteiger partial charge in [-0.15, -0.1) is 0 Å². The summed E-state index contributed by atoms with van der Waals surface area (Å²) in [6, 6.07) is 15.8. The molecule has 0 radical (unpaired) electrons. The van der Waals surface area contributed by atoms with E-state index in [0.717, 1.165) is 29.8 Å². The van der Waals surface area contributed by atoms with Crippen molar-refractivity contribution in [2.24, 2.45) is 16.6 Å². The van der Waals surface area contributed by atoms with Crippen molar-refractivity contribution in [2.75, 3.05) is 10.6 Å². The average Bonchev–Trinajstić information content (AvgIpc) is 2.66. The van der Waals surface area contributed by atoms with Gasteiger partial charge in [0.2, 0.25) is 5.91 Å².